The predicted molar refractivity (Wildman–Crippen MR) is 355 cm³/mol. The van der Waals surface area contributed by atoms with Gasteiger partial charge in [-0.05, 0) is 135 Å². The zero-order chi connectivity index (χ0) is 57.8. The van der Waals surface area contributed by atoms with Crippen molar-refractivity contribution in [2.45, 2.75) is 89.1 Å². The van der Waals surface area contributed by atoms with Crippen LogP contribution >= 0.6 is 0 Å². The SMILES string of the molecule is C=CCN1/C(=C/C=C/C2=[N+](Cc3ccc(C[N+]4=C(/C=C/C=C5/N(CC=C)c6ccccc6C5(C)Cc5ccccc5)C(C)(C)c5c4ccc4ccccc54)cc3)c3ccc4ccccc4c3C2(C)C)C(C)(Cc2ccccc2)c2ccccc21. The summed E-state index contributed by atoms with van der Waals surface area (Å²) >= 11 is 0. The third-order valence-corrected chi connectivity index (χ3v) is 18.9. The number of benzene rings is 9. The number of para-hydroxylation sites is 2. The minimum absolute atomic E-state index is 0.241. The number of hydrogen-bond donors (Lipinski definition) is 0. The smallest absolute Gasteiger partial charge is 0.210 e. The first kappa shape index (κ1) is 54.1. The van der Waals surface area contributed by atoms with Gasteiger partial charge in [-0.3, -0.25) is 0 Å². The Morgan fingerprint density at radius 2 is 0.762 bits per heavy atom. The standard InChI is InChI=1S/C80H76N4/c1-9-51-81-67-37-23-21-35-65(67)79(7,53-57-27-13-11-14-28-57)73(81)41-25-39-71-77(3,4)75-63-33-19-17-31-61(63)47-49-69(75)83(71)55-59-43-45-60(46-44-59)56-84-70-50-48-62-32-18-20-34-64(62)76(70)78(5,6)72(84)40-26-42-74-80(8,54-58-29-15-12-16-30-58)66-36-22-24-38-68(66)82(74)52-10-2/h9-50H,1-2,51-56H2,3-8H3/q+2. The van der Waals surface area contributed by atoms with Gasteiger partial charge in [-0.15, -0.1) is 13.2 Å². The molecule has 4 aliphatic rings. The molecule has 2 unspecified atom stereocenters. The molecule has 0 aliphatic carbocycles. The molecular weight excluding hydrogens is 1020 g/mol. The van der Waals surface area contributed by atoms with E-state index < -0.39 is 0 Å². The largest absolute Gasteiger partial charge is 0.340 e. The molecule has 0 fully saturated rings. The molecule has 9 aromatic carbocycles. The highest BCUT2D eigenvalue weighted by Crippen LogP contribution is 2.52. The van der Waals surface area contributed by atoms with Gasteiger partial charge in [-0.25, -0.2) is 0 Å². The number of fused-ring (bicyclic) bond motifs is 8. The van der Waals surface area contributed by atoms with E-state index in [9.17, 15) is 0 Å². The lowest BCUT2D eigenvalue weighted by Gasteiger charge is -2.30. The molecule has 4 heterocycles. The summed E-state index contributed by atoms with van der Waals surface area (Å²) in [4.78, 5) is 4.94. The molecule has 4 aliphatic heterocycles. The summed E-state index contributed by atoms with van der Waals surface area (Å²) in [6, 6.07) is 76.4. The molecule has 4 nitrogen and oxygen atoms in total. The fourth-order valence-electron chi connectivity index (χ4n) is 15.0. The van der Waals surface area contributed by atoms with Gasteiger partial charge in [0.15, 0.2) is 24.5 Å². The summed E-state index contributed by atoms with van der Waals surface area (Å²) in [6.45, 7) is 25.9. The lowest BCUT2D eigenvalue weighted by atomic mass is 9.76. The summed E-state index contributed by atoms with van der Waals surface area (Å²) in [5, 5.41) is 5.15. The molecule has 4 heteroatoms. The van der Waals surface area contributed by atoms with E-state index >= 15 is 0 Å². The van der Waals surface area contributed by atoms with Gasteiger partial charge >= 0.3 is 0 Å². The average Bonchev–Trinajstić information content (AvgIpc) is 2.52. The van der Waals surface area contributed by atoms with Crippen molar-refractivity contribution in [2.24, 2.45) is 0 Å². The second-order valence-corrected chi connectivity index (χ2v) is 25.0. The zero-order valence-corrected chi connectivity index (χ0v) is 49.7. The van der Waals surface area contributed by atoms with Crippen molar-refractivity contribution in [1.29, 1.82) is 0 Å². The van der Waals surface area contributed by atoms with Crippen LogP contribution in [0.4, 0.5) is 22.7 Å². The molecule has 0 amide bonds. The fraction of sp³-hybridized carbons (Fsp3) is 0.200. The van der Waals surface area contributed by atoms with Crippen LogP contribution in [0.1, 0.15) is 86.1 Å². The van der Waals surface area contributed by atoms with Gasteiger partial charge in [0.25, 0.3) is 0 Å². The Balaban J connectivity index is 0.874. The molecule has 0 radical (unpaired) electrons. The second-order valence-electron chi connectivity index (χ2n) is 25.0. The van der Waals surface area contributed by atoms with Gasteiger partial charge in [-0.1, -0.05) is 194 Å². The van der Waals surface area contributed by atoms with Crippen molar-refractivity contribution < 1.29 is 9.15 Å². The van der Waals surface area contributed by atoms with Gasteiger partial charge in [-0.2, -0.15) is 9.15 Å². The molecule has 9 aromatic rings. The van der Waals surface area contributed by atoms with E-state index in [1.54, 1.807) is 0 Å². The van der Waals surface area contributed by atoms with E-state index in [-0.39, 0.29) is 21.7 Å². The van der Waals surface area contributed by atoms with E-state index in [0.717, 1.165) is 39.0 Å². The molecule has 0 bridgehead atoms. The third-order valence-electron chi connectivity index (χ3n) is 18.9. The quantitative estimate of drug-likeness (QED) is 0.0706. The molecule has 0 N–H and O–H groups in total. The van der Waals surface area contributed by atoms with Gasteiger partial charge in [0.2, 0.25) is 11.4 Å². The molecule has 0 saturated heterocycles. The lowest BCUT2D eigenvalue weighted by Crippen LogP contribution is -2.31. The normalized spacial score (nSPS) is 20.3. The van der Waals surface area contributed by atoms with Crippen LogP contribution in [-0.2, 0) is 47.6 Å². The van der Waals surface area contributed by atoms with Crippen LogP contribution in [0.25, 0.3) is 21.5 Å². The lowest BCUT2D eigenvalue weighted by molar-refractivity contribution is -0.455. The molecule has 0 spiro atoms. The fourth-order valence-corrected chi connectivity index (χ4v) is 15.0. The van der Waals surface area contributed by atoms with Crippen molar-refractivity contribution in [2.75, 3.05) is 22.9 Å². The molecule has 414 valence electrons. The summed E-state index contributed by atoms with van der Waals surface area (Å²) in [7, 11) is 0. The third kappa shape index (κ3) is 9.15. The van der Waals surface area contributed by atoms with E-state index in [4.69, 9.17) is 0 Å². The Morgan fingerprint density at radius 1 is 0.393 bits per heavy atom. The summed E-state index contributed by atoms with van der Waals surface area (Å²) in [5.74, 6) is 0. The Labute approximate surface area is 498 Å². The molecule has 13 rings (SSSR count). The van der Waals surface area contributed by atoms with E-state index in [0.29, 0.717) is 0 Å². The first-order chi connectivity index (χ1) is 40.8. The number of nitrogens with zero attached hydrogens (tertiary/aromatic N) is 4. The van der Waals surface area contributed by atoms with E-state index in [1.807, 2.05) is 12.2 Å². The first-order valence-corrected chi connectivity index (χ1v) is 30.1. The van der Waals surface area contributed by atoms with Crippen LogP contribution in [0.3, 0.4) is 0 Å². The Kier molecular flexibility index (Phi) is 13.9. The van der Waals surface area contributed by atoms with Crippen LogP contribution < -0.4 is 9.80 Å². The van der Waals surface area contributed by atoms with E-state index in [1.165, 1.54) is 112 Å². The van der Waals surface area contributed by atoms with Gasteiger partial charge in [0.05, 0.1) is 10.8 Å². The maximum absolute atomic E-state index is 4.22. The predicted octanol–water partition coefficient (Wildman–Crippen LogP) is 18.4. The monoisotopic (exact) mass is 1090 g/mol. The Morgan fingerprint density at radius 3 is 1.17 bits per heavy atom. The summed E-state index contributed by atoms with van der Waals surface area (Å²) < 4.78 is 5.17. The molecular formula is C80H76N4+2. The summed E-state index contributed by atoms with van der Waals surface area (Å²) in [5.41, 5.74) is 19.8. The van der Waals surface area contributed by atoms with Crippen LogP contribution in [0.5, 0.6) is 0 Å². The highest BCUT2D eigenvalue weighted by Gasteiger charge is 2.49. The van der Waals surface area contributed by atoms with Gasteiger partial charge in [0, 0.05) is 93.2 Å². The van der Waals surface area contributed by atoms with Gasteiger partial charge < -0.3 is 9.80 Å². The molecule has 0 saturated carbocycles. The van der Waals surface area contributed by atoms with Crippen molar-refractivity contribution in [3.05, 3.63) is 324 Å². The van der Waals surface area contributed by atoms with Crippen molar-refractivity contribution in [3.8, 4) is 0 Å². The molecule has 0 aromatic heterocycles. The minimum Gasteiger partial charge on any atom is -0.340 e. The summed E-state index contributed by atoms with van der Waals surface area (Å²) in [6.07, 6.45) is 20.1. The van der Waals surface area contributed by atoms with Crippen molar-refractivity contribution >= 4 is 55.7 Å². The molecule has 84 heavy (non-hydrogen) atoms. The number of anilines is 2. The number of allylic oxidation sites excluding steroid dienone is 8. The molecule has 2 atom stereocenters. The van der Waals surface area contributed by atoms with Gasteiger partial charge in [0.1, 0.15) is 0 Å². The maximum Gasteiger partial charge on any atom is 0.210 e. The maximum atomic E-state index is 4.22. The highest BCUT2D eigenvalue weighted by atomic mass is 15.2. The number of hydrogen-bond acceptors (Lipinski definition) is 2. The topological polar surface area (TPSA) is 12.5 Å². The Hall–Kier alpha value is -9.12. The van der Waals surface area contributed by atoms with Crippen LogP contribution in [0.15, 0.2) is 279 Å². The van der Waals surface area contributed by atoms with Crippen molar-refractivity contribution in [1.82, 2.24) is 0 Å². The van der Waals surface area contributed by atoms with Crippen LogP contribution in [0, 0.1) is 0 Å². The number of rotatable bonds is 16. The second kappa shape index (κ2) is 21.6. The Bertz CT molecular complexity index is 3980. The minimum atomic E-state index is -0.278. The zero-order valence-electron chi connectivity index (χ0n) is 49.7. The van der Waals surface area contributed by atoms with Crippen LogP contribution in [-0.4, -0.2) is 33.7 Å². The average molecular weight is 1090 g/mol. The van der Waals surface area contributed by atoms with Crippen LogP contribution in [0.2, 0.25) is 0 Å². The first-order valence-electron chi connectivity index (χ1n) is 30.1. The van der Waals surface area contributed by atoms with Crippen molar-refractivity contribution in [3.63, 3.8) is 0 Å². The highest BCUT2D eigenvalue weighted by molar-refractivity contribution is 6.09. The van der Waals surface area contributed by atoms with E-state index in [2.05, 4.69) is 316 Å².